The number of piperidine rings is 1. The monoisotopic (exact) mass is 345 g/mol. The van der Waals surface area contributed by atoms with Crippen LogP contribution in [0.1, 0.15) is 48.2 Å². The maximum Gasteiger partial charge on any atom is 0.255 e. The number of ether oxygens (including phenoxy) is 1. The highest BCUT2D eigenvalue weighted by Gasteiger charge is 2.30. The van der Waals surface area contributed by atoms with Gasteiger partial charge in [-0.25, -0.2) is 4.98 Å². The molecule has 6 nitrogen and oxygen atoms in total. The van der Waals surface area contributed by atoms with Gasteiger partial charge >= 0.3 is 0 Å². The summed E-state index contributed by atoms with van der Waals surface area (Å²) in [5.41, 5.74) is 1.47. The molecule has 0 atom stereocenters. The van der Waals surface area contributed by atoms with Crippen LogP contribution >= 0.6 is 0 Å². The highest BCUT2D eigenvalue weighted by atomic mass is 16.5. The van der Waals surface area contributed by atoms with Gasteiger partial charge < -0.3 is 19.6 Å². The minimum atomic E-state index is -0.0387. The average molecular weight is 345 g/mol. The molecule has 1 aromatic heterocycles. The van der Waals surface area contributed by atoms with Crippen molar-refractivity contribution < 1.29 is 14.6 Å². The molecule has 6 heteroatoms. The fourth-order valence-electron chi connectivity index (χ4n) is 4.06. The van der Waals surface area contributed by atoms with Crippen molar-refractivity contribution >= 4 is 5.91 Å². The number of aliphatic hydroxyl groups is 1. The van der Waals surface area contributed by atoms with Crippen molar-refractivity contribution in [3.8, 4) is 5.88 Å². The molecule has 3 aliphatic rings. The van der Waals surface area contributed by atoms with Gasteiger partial charge in [0, 0.05) is 44.7 Å². The molecular weight excluding hydrogens is 318 g/mol. The quantitative estimate of drug-likeness (QED) is 0.875. The zero-order valence-corrected chi connectivity index (χ0v) is 14.7. The Kier molecular flexibility index (Phi) is 4.90. The zero-order chi connectivity index (χ0) is 17.2. The Hall–Kier alpha value is -1.66. The summed E-state index contributed by atoms with van der Waals surface area (Å²) < 4.78 is 6.11. The van der Waals surface area contributed by atoms with E-state index in [1.165, 1.54) is 19.3 Å². The number of hydrogen-bond acceptors (Lipinski definition) is 5. The zero-order valence-electron chi connectivity index (χ0n) is 14.7. The van der Waals surface area contributed by atoms with Gasteiger partial charge in [-0.1, -0.05) is 6.42 Å². The maximum atomic E-state index is 12.4. The normalized spacial score (nSPS) is 22.6. The molecule has 1 aliphatic carbocycles. The molecule has 136 valence electrons. The Morgan fingerprint density at radius 2 is 1.96 bits per heavy atom. The molecule has 0 spiro atoms. The lowest BCUT2D eigenvalue weighted by Gasteiger charge is -2.41. The van der Waals surface area contributed by atoms with Gasteiger partial charge in [0.1, 0.15) is 6.10 Å². The standard InChI is InChI=1S/C19H27N3O3/c23-13-12-22-11-8-17-16(19(22)24)4-5-18(20-17)25-15-6-9-21(10-7-15)14-2-1-3-14/h4-5,14-15,23H,1-3,6-13H2. The van der Waals surface area contributed by atoms with E-state index in [-0.39, 0.29) is 18.6 Å². The van der Waals surface area contributed by atoms with Crippen molar-refractivity contribution in [3.63, 3.8) is 0 Å². The number of rotatable bonds is 5. The van der Waals surface area contributed by atoms with Gasteiger partial charge in [0.25, 0.3) is 5.91 Å². The second-order valence-corrected chi connectivity index (χ2v) is 7.35. The molecule has 0 unspecified atom stereocenters. The van der Waals surface area contributed by atoms with Crippen LogP contribution in [0.5, 0.6) is 5.88 Å². The lowest BCUT2D eigenvalue weighted by atomic mass is 9.90. The van der Waals surface area contributed by atoms with Crippen molar-refractivity contribution in [2.24, 2.45) is 0 Å². The van der Waals surface area contributed by atoms with E-state index >= 15 is 0 Å². The average Bonchev–Trinajstić information content (AvgIpc) is 2.58. The van der Waals surface area contributed by atoms with Crippen LogP contribution in [-0.2, 0) is 6.42 Å². The van der Waals surface area contributed by atoms with Crippen molar-refractivity contribution in [2.45, 2.75) is 50.7 Å². The van der Waals surface area contributed by atoms with Crippen LogP contribution in [0.3, 0.4) is 0 Å². The molecule has 1 amide bonds. The van der Waals surface area contributed by atoms with Gasteiger partial charge in [0.05, 0.1) is 17.9 Å². The van der Waals surface area contributed by atoms with E-state index < -0.39 is 0 Å². The van der Waals surface area contributed by atoms with Crippen LogP contribution in [0, 0.1) is 0 Å². The maximum absolute atomic E-state index is 12.4. The summed E-state index contributed by atoms with van der Waals surface area (Å²) in [6.07, 6.45) is 7.16. The van der Waals surface area contributed by atoms with Gasteiger partial charge in [-0.15, -0.1) is 0 Å². The van der Waals surface area contributed by atoms with Crippen LogP contribution in [0.2, 0.25) is 0 Å². The Morgan fingerprint density at radius 1 is 1.16 bits per heavy atom. The fourth-order valence-corrected chi connectivity index (χ4v) is 4.06. The Labute approximate surface area is 148 Å². The molecule has 4 rings (SSSR count). The molecule has 0 radical (unpaired) electrons. The highest BCUT2D eigenvalue weighted by molar-refractivity contribution is 5.96. The van der Waals surface area contributed by atoms with E-state index in [9.17, 15) is 4.79 Å². The number of hydrogen-bond donors (Lipinski definition) is 1. The van der Waals surface area contributed by atoms with Crippen LogP contribution in [0.4, 0.5) is 0 Å². The first-order valence-electron chi connectivity index (χ1n) is 9.55. The second kappa shape index (κ2) is 7.30. The number of pyridine rings is 1. The molecule has 1 aromatic rings. The van der Waals surface area contributed by atoms with E-state index in [2.05, 4.69) is 9.88 Å². The molecule has 1 saturated carbocycles. The van der Waals surface area contributed by atoms with Gasteiger partial charge in [-0.05, 0) is 31.7 Å². The van der Waals surface area contributed by atoms with Crippen LogP contribution in [-0.4, -0.2) is 70.7 Å². The Morgan fingerprint density at radius 3 is 2.64 bits per heavy atom. The first kappa shape index (κ1) is 16.8. The lowest BCUT2D eigenvalue weighted by molar-refractivity contribution is 0.0473. The third kappa shape index (κ3) is 3.51. The summed E-state index contributed by atoms with van der Waals surface area (Å²) in [4.78, 5) is 21.2. The highest BCUT2D eigenvalue weighted by Crippen LogP contribution is 2.28. The molecule has 1 saturated heterocycles. The Balaban J connectivity index is 1.36. The molecule has 2 aliphatic heterocycles. The summed E-state index contributed by atoms with van der Waals surface area (Å²) in [6, 6.07) is 4.46. The molecule has 0 aromatic carbocycles. The first-order valence-corrected chi connectivity index (χ1v) is 9.55. The molecule has 3 heterocycles. The lowest BCUT2D eigenvalue weighted by Crippen LogP contribution is -2.46. The van der Waals surface area contributed by atoms with Crippen molar-refractivity contribution in [1.82, 2.24) is 14.8 Å². The number of nitrogens with zero attached hydrogens (tertiary/aromatic N) is 3. The number of amides is 1. The van der Waals surface area contributed by atoms with E-state index in [0.717, 1.165) is 44.1 Å². The largest absolute Gasteiger partial charge is 0.474 e. The summed E-state index contributed by atoms with van der Waals surface area (Å²) >= 11 is 0. The van der Waals surface area contributed by atoms with Crippen molar-refractivity contribution in [3.05, 3.63) is 23.4 Å². The number of likely N-dealkylation sites (tertiary alicyclic amines) is 1. The predicted molar refractivity (Wildman–Crippen MR) is 93.8 cm³/mol. The number of fused-ring (bicyclic) bond motifs is 1. The van der Waals surface area contributed by atoms with Gasteiger partial charge in [0.2, 0.25) is 5.88 Å². The molecule has 0 bridgehead atoms. The van der Waals surface area contributed by atoms with Crippen LogP contribution in [0.15, 0.2) is 12.1 Å². The van der Waals surface area contributed by atoms with Crippen LogP contribution < -0.4 is 4.74 Å². The fraction of sp³-hybridized carbons (Fsp3) is 0.684. The van der Waals surface area contributed by atoms with Gasteiger partial charge in [0.15, 0.2) is 0 Å². The number of carbonyl (C=O) groups is 1. The first-order chi connectivity index (χ1) is 12.2. The third-order valence-corrected chi connectivity index (χ3v) is 5.81. The summed E-state index contributed by atoms with van der Waals surface area (Å²) in [7, 11) is 0. The summed E-state index contributed by atoms with van der Waals surface area (Å²) in [6.45, 7) is 3.23. The van der Waals surface area contributed by atoms with Gasteiger partial charge in [-0.3, -0.25) is 4.79 Å². The molecular formula is C19H27N3O3. The smallest absolute Gasteiger partial charge is 0.255 e. The van der Waals surface area contributed by atoms with Crippen molar-refractivity contribution in [1.29, 1.82) is 0 Å². The van der Waals surface area contributed by atoms with E-state index in [1.807, 2.05) is 12.1 Å². The SMILES string of the molecule is O=C1c2ccc(OC3CCN(C4CCC4)CC3)nc2CCN1CCO. The van der Waals surface area contributed by atoms with E-state index in [4.69, 9.17) is 9.84 Å². The van der Waals surface area contributed by atoms with Crippen molar-refractivity contribution in [2.75, 3.05) is 32.8 Å². The minimum absolute atomic E-state index is 0.00471. The van der Waals surface area contributed by atoms with E-state index in [1.54, 1.807) is 4.90 Å². The molecule has 2 fully saturated rings. The topological polar surface area (TPSA) is 65.9 Å². The molecule has 1 N–H and O–H groups in total. The summed E-state index contributed by atoms with van der Waals surface area (Å²) in [5, 5.41) is 9.05. The summed E-state index contributed by atoms with van der Waals surface area (Å²) in [5.74, 6) is 0.604. The number of aliphatic hydroxyl groups excluding tert-OH is 1. The number of carbonyl (C=O) groups excluding carboxylic acids is 1. The number of aromatic nitrogens is 1. The minimum Gasteiger partial charge on any atom is -0.474 e. The van der Waals surface area contributed by atoms with Crippen LogP contribution in [0.25, 0.3) is 0 Å². The number of β-amino-alcohol motifs (C(OH)–C–C–N with tert-alkyl or cyclic N) is 1. The predicted octanol–water partition coefficient (Wildman–Crippen LogP) is 1.47. The Bertz CT molecular complexity index is 624. The molecule has 25 heavy (non-hydrogen) atoms. The third-order valence-electron chi connectivity index (χ3n) is 5.81. The second-order valence-electron chi connectivity index (χ2n) is 7.35. The van der Waals surface area contributed by atoms with E-state index in [0.29, 0.717) is 24.5 Å². The van der Waals surface area contributed by atoms with Gasteiger partial charge in [-0.2, -0.15) is 0 Å².